The highest BCUT2D eigenvalue weighted by molar-refractivity contribution is 5.61. The van der Waals surface area contributed by atoms with Crippen LogP contribution in [0, 0.1) is 23.1 Å². The molecule has 1 aliphatic heterocycles. The fourth-order valence-electron chi connectivity index (χ4n) is 3.30. The maximum Gasteiger partial charge on any atom is 0.255 e. The summed E-state index contributed by atoms with van der Waals surface area (Å²) in [5.41, 5.74) is 0.578. The molecule has 1 fully saturated rings. The van der Waals surface area contributed by atoms with Gasteiger partial charge in [-0.1, -0.05) is 13.0 Å². The predicted octanol–water partition coefficient (Wildman–Crippen LogP) is 2.54. The van der Waals surface area contributed by atoms with Crippen LogP contribution in [0.4, 0.5) is 10.3 Å². The highest BCUT2D eigenvalue weighted by Gasteiger charge is 2.21. The molecule has 7 heteroatoms. The fraction of sp³-hybridized carbons (Fsp3) is 0.450. The molecule has 1 aliphatic rings. The van der Waals surface area contributed by atoms with Crippen molar-refractivity contribution in [1.29, 1.82) is 5.26 Å². The summed E-state index contributed by atoms with van der Waals surface area (Å²) in [5.74, 6) is 0.562. The molecule has 0 saturated carbocycles. The van der Waals surface area contributed by atoms with Gasteiger partial charge in [0.15, 0.2) is 0 Å². The predicted molar refractivity (Wildman–Crippen MR) is 101 cm³/mol. The lowest BCUT2D eigenvalue weighted by molar-refractivity contribution is 0.278. The fourth-order valence-corrected chi connectivity index (χ4v) is 3.30. The molecule has 0 bridgehead atoms. The first-order valence-corrected chi connectivity index (χ1v) is 9.21. The third-order valence-electron chi connectivity index (χ3n) is 4.98. The van der Waals surface area contributed by atoms with E-state index < -0.39 is 5.82 Å². The molecule has 27 heavy (non-hydrogen) atoms. The van der Waals surface area contributed by atoms with Crippen molar-refractivity contribution in [3.63, 3.8) is 0 Å². The SMILES string of the molecule is CC1CCN(c2nc(-c3ccc(C#N)c(F)c3)cc(=O)n2CCCO)CC1. The number of halogens is 1. The van der Waals surface area contributed by atoms with E-state index in [0.717, 1.165) is 25.9 Å². The van der Waals surface area contributed by atoms with Gasteiger partial charge in [0.2, 0.25) is 5.95 Å². The molecule has 1 aromatic carbocycles. The van der Waals surface area contributed by atoms with Crippen molar-refractivity contribution in [2.75, 3.05) is 24.6 Å². The van der Waals surface area contributed by atoms with Gasteiger partial charge >= 0.3 is 0 Å². The van der Waals surface area contributed by atoms with E-state index in [4.69, 9.17) is 10.4 Å². The third-order valence-corrected chi connectivity index (χ3v) is 4.98. The van der Waals surface area contributed by atoms with E-state index >= 15 is 0 Å². The molecule has 1 N–H and O–H groups in total. The molecule has 0 spiro atoms. The van der Waals surface area contributed by atoms with E-state index in [1.807, 2.05) is 0 Å². The van der Waals surface area contributed by atoms with Gasteiger partial charge in [-0.3, -0.25) is 9.36 Å². The molecule has 3 rings (SSSR count). The lowest BCUT2D eigenvalue weighted by atomic mass is 9.99. The van der Waals surface area contributed by atoms with E-state index in [0.29, 0.717) is 36.1 Å². The first-order chi connectivity index (χ1) is 13.0. The Morgan fingerprint density at radius 3 is 2.70 bits per heavy atom. The monoisotopic (exact) mass is 370 g/mol. The molecule has 2 heterocycles. The normalized spacial score (nSPS) is 15.0. The first kappa shape index (κ1) is 19.1. The summed E-state index contributed by atoms with van der Waals surface area (Å²) in [7, 11) is 0. The molecular formula is C20H23FN4O2. The molecule has 0 amide bonds. The van der Waals surface area contributed by atoms with Crippen LogP contribution in [0.3, 0.4) is 0 Å². The summed E-state index contributed by atoms with van der Waals surface area (Å²) in [6.45, 7) is 4.19. The molecule has 0 unspecified atom stereocenters. The summed E-state index contributed by atoms with van der Waals surface area (Å²) in [4.78, 5) is 19.5. The van der Waals surface area contributed by atoms with Crippen molar-refractivity contribution in [2.24, 2.45) is 5.92 Å². The second kappa shape index (κ2) is 8.31. The number of anilines is 1. The van der Waals surface area contributed by atoms with Crippen LogP contribution in [0.2, 0.25) is 0 Å². The molecule has 142 valence electrons. The van der Waals surface area contributed by atoms with Crippen LogP contribution < -0.4 is 10.5 Å². The van der Waals surface area contributed by atoms with Gasteiger partial charge in [-0.25, -0.2) is 9.37 Å². The molecule has 1 aromatic heterocycles. The molecule has 2 aromatic rings. The highest BCUT2D eigenvalue weighted by atomic mass is 19.1. The summed E-state index contributed by atoms with van der Waals surface area (Å²) < 4.78 is 15.6. The first-order valence-electron chi connectivity index (χ1n) is 9.21. The molecule has 0 atom stereocenters. The van der Waals surface area contributed by atoms with Crippen LogP contribution in [0.1, 0.15) is 31.7 Å². The second-order valence-corrected chi connectivity index (χ2v) is 6.98. The molecule has 6 nitrogen and oxygen atoms in total. The smallest absolute Gasteiger partial charge is 0.255 e. The number of aliphatic hydroxyl groups excluding tert-OH is 1. The quantitative estimate of drug-likeness (QED) is 0.875. The van der Waals surface area contributed by atoms with Gasteiger partial charge in [0.05, 0.1) is 11.3 Å². The van der Waals surface area contributed by atoms with Gasteiger partial charge in [0.1, 0.15) is 11.9 Å². The van der Waals surface area contributed by atoms with Crippen LogP contribution in [0.25, 0.3) is 11.3 Å². The summed E-state index contributed by atoms with van der Waals surface area (Å²) in [6.07, 6.45) is 2.50. The number of benzene rings is 1. The minimum absolute atomic E-state index is 0.00843. The Bertz CT molecular complexity index is 911. The molecule has 0 radical (unpaired) electrons. The number of aromatic nitrogens is 2. The Labute approximate surface area is 157 Å². The third kappa shape index (κ3) is 4.17. The van der Waals surface area contributed by atoms with E-state index in [1.54, 1.807) is 16.7 Å². The Morgan fingerprint density at radius 1 is 1.33 bits per heavy atom. The lowest BCUT2D eigenvalue weighted by Crippen LogP contribution is -2.38. The summed E-state index contributed by atoms with van der Waals surface area (Å²) in [5, 5.41) is 18.0. The lowest BCUT2D eigenvalue weighted by Gasteiger charge is -2.32. The maximum atomic E-state index is 14.0. The largest absolute Gasteiger partial charge is 0.396 e. The average Bonchev–Trinajstić information content (AvgIpc) is 2.67. The Kier molecular flexibility index (Phi) is 5.87. The topological polar surface area (TPSA) is 82.2 Å². The number of rotatable bonds is 5. The van der Waals surface area contributed by atoms with Crippen molar-refractivity contribution in [3.8, 4) is 17.3 Å². The van der Waals surface area contributed by atoms with Crippen molar-refractivity contribution in [2.45, 2.75) is 32.7 Å². The number of nitrogens with zero attached hydrogens (tertiary/aromatic N) is 4. The average molecular weight is 370 g/mol. The van der Waals surface area contributed by atoms with Crippen molar-refractivity contribution in [1.82, 2.24) is 9.55 Å². The number of aliphatic hydroxyl groups is 1. The molecule has 0 aliphatic carbocycles. The zero-order chi connectivity index (χ0) is 19.4. The van der Waals surface area contributed by atoms with Crippen LogP contribution in [-0.2, 0) is 6.54 Å². The van der Waals surface area contributed by atoms with Crippen LogP contribution in [-0.4, -0.2) is 34.4 Å². The number of nitriles is 1. The Morgan fingerprint density at radius 2 is 2.07 bits per heavy atom. The number of piperidine rings is 1. The maximum absolute atomic E-state index is 14.0. The minimum atomic E-state index is -0.630. The number of hydrogen-bond donors (Lipinski definition) is 1. The standard InChI is InChI=1S/C20H23FN4O2/c1-14-5-8-24(9-6-14)20-23-18(12-19(27)25(20)7-2-10-26)15-3-4-16(13-22)17(21)11-15/h3-4,11-12,14,26H,2,5-10H2,1H3. The zero-order valence-electron chi connectivity index (χ0n) is 15.4. The van der Waals surface area contributed by atoms with Gasteiger partial charge in [0.25, 0.3) is 5.56 Å². The van der Waals surface area contributed by atoms with E-state index in [9.17, 15) is 9.18 Å². The van der Waals surface area contributed by atoms with Crippen molar-refractivity contribution in [3.05, 3.63) is 46.0 Å². The Balaban J connectivity index is 2.05. The van der Waals surface area contributed by atoms with Gasteiger partial charge in [-0.15, -0.1) is 0 Å². The van der Waals surface area contributed by atoms with Crippen LogP contribution in [0.5, 0.6) is 0 Å². The van der Waals surface area contributed by atoms with E-state index in [-0.39, 0.29) is 17.7 Å². The summed E-state index contributed by atoms with van der Waals surface area (Å²) >= 11 is 0. The van der Waals surface area contributed by atoms with Gasteiger partial charge in [-0.2, -0.15) is 5.26 Å². The Hall–Kier alpha value is -2.72. The van der Waals surface area contributed by atoms with Crippen LogP contribution in [0.15, 0.2) is 29.1 Å². The molecular weight excluding hydrogens is 347 g/mol. The van der Waals surface area contributed by atoms with Gasteiger partial charge in [-0.05, 0) is 37.3 Å². The zero-order valence-corrected chi connectivity index (χ0v) is 15.4. The van der Waals surface area contributed by atoms with Gasteiger partial charge < -0.3 is 10.0 Å². The van der Waals surface area contributed by atoms with Crippen molar-refractivity contribution >= 4 is 5.95 Å². The van der Waals surface area contributed by atoms with Gasteiger partial charge in [0, 0.05) is 37.9 Å². The highest BCUT2D eigenvalue weighted by Crippen LogP contribution is 2.25. The minimum Gasteiger partial charge on any atom is -0.396 e. The molecule has 1 saturated heterocycles. The number of hydrogen-bond acceptors (Lipinski definition) is 5. The van der Waals surface area contributed by atoms with E-state index in [2.05, 4.69) is 16.8 Å². The van der Waals surface area contributed by atoms with Crippen molar-refractivity contribution < 1.29 is 9.50 Å². The second-order valence-electron chi connectivity index (χ2n) is 6.98. The van der Waals surface area contributed by atoms with E-state index in [1.165, 1.54) is 18.2 Å². The van der Waals surface area contributed by atoms with Crippen LogP contribution >= 0.6 is 0 Å². The summed E-state index contributed by atoms with van der Waals surface area (Å²) in [6, 6.07) is 7.41.